The molecule has 0 radical (unpaired) electrons. The van der Waals surface area contributed by atoms with Crippen LogP contribution < -0.4 is 4.72 Å². The van der Waals surface area contributed by atoms with Crippen LogP contribution in [0.3, 0.4) is 0 Å². The van der Waals surface area contributed by atoms with Gasteiger partial charge in [-0.2, -0.15) is 0 Å². The van der Waals surface area contributed by atoms with E-state index in [-0.39, 0.29) is 4.90 Å². The SMILES string of the molecule is CC(C)(C)NS(=O)(=O)c1ccccc1C(=NCc1ccccc1)c1ccccc1. The van der Waals surface area contributed by atoms with Crippen molar-refractivity contribution in [2.45, 2.75) is 37.8 Å². The highest BCUT2D eigenvalue weighted by atomic mass is 32.2. The number of nitrogens with one attached hydrogen (secondary N) is 1. The fourth-order valence-corrected chi connectivity index (χ4v) is 4.66. The Bertz CT molecular complexity index is 1080. The van der Waals surface area contributed by atoms with E-state index < -0.39 is 15.6 Å². The van der Waals surface area contributed by atoms with Crippen molar-refractivity contribution in [3.8, 4) is 0 Å². The van der Waals surface area contributed by atoms with Crippen LogP contribution in [0.4, 0.5) is 0 Å². The zero-order chi connectivity index (χ0) is 20.9. The molecule has 3 rings (SSSR count). The summed E-state index contributed by atoms with van der Waals surface area (Å²) in [6.45, 7) is 5.95. The average Bonchev–Trinajstić information content (AvgIpc) is 2.68. The summed E-state index contributed by atoms with van der Waals surface area (Å²) in [5.41, 5.74) is 2.60. The van der Waals surface area contributed by atoms with E-state index >= 15 is 0 Å². The third kappa shape index (κ3) is 5.62. The first kappa shape index (κ1) is 21.0. The lowest BCUT2D eigenvalue weighted by Crippen LogP contribution is -2.41. The minimum Gasteiger partial charge on any atom is -0.279 e. The minimum atomic E-state index is -3.72. The van der Waals surface area contributed by atoms with Gasteiger partial charge in [-0.1, -0.05) is 78.9 Å². The highest BCUT2D eigenvalue weighted by Gasteiger charge is 2.26. The van der Waals surface area contributed by atoms with Crippen molar-refractivity contribution >= 4 is 15.7 Å². The van der Waals surface area contributed by atoms with Crippen molar-refractivity contribution in [1.82, 2.24) is 4.72 Å². The summed E-state index contributed by atoms with van der Waals surface area (Å²) < 4.78 is 29.0. The maximum absolute atomic E-state index is 13.1. The summed E-state index contributed by atoms with van der Waals surface area (Å²) in [6, 6.07) is 26.6. The van der Waals surface area contributed by atoms with E-state index in [1.165, 1.54) is 0 Å². The first-order valence-electron chi connectivity index (χ1n) is 9.53. The maximum Gasteiger partial charge on any atom is 0.241 e. The van der Waals surface area contributed by atoms with E-state index in [0.717, 1.165) is 11.1 Å². The van der Waals surface area contributed by atoms with Crippen molar-refractivity contribution in [1.29, 1.82) is 0 Å². The van der Waals surface area contributed by atoms with Gasteiger partial charge in [0.1, 0.15) is 0 Å². The fraction of sp³-hybridized carbons (Fsp3) is 0.208. The summed E-state index contributed by atoms with van der Waals surface area (Å²) in [6.07, 6.45) is 0. The van der Waals surface area contributed by atoms with Crippen molar-refractivity contribution in [2.24, 2.45) is 4.99 Å². The molecule has 0 amide bonds. The van der Waals surface area contributed by atoms with Crippen molar-refractivity contribution in [3.05, 3.63) is 102 Å². The highest BCUT2D eigenvalue weighted by molar-refractivity contribution is 7.89. The van der Waals surface area contributed by atoms with Gasteiger partial charge in [-0.3, -0.25) is 4.99 Å². The molecule has 0 atom stereocenters. The molecule has 3 aromatic rings. The Morgan fingerprint density at radius 3 is 2.00 bits per heavy atom. The van der Waals surface area contributed by atoms with Gasteiger partial charge in [-0.25, -0.2) is 13.1 Å². The molecule has 5 heteroatoms. The summed E-state index contributed by atoms with van der Waals surface area (Å²) in [5.74, 6) is 0. The third-order valence-electron chi connectivity index (χ3n) is 4.18. The Balaban J connectivity index is 2.12. The number of sulfonamides is 1. The van der Waals surface area contributed by atoms with Gasteiger partial charge in [-0.15, -0.1) is 0 Å². The van der Waals surface area contributed by atoms with E-state index in [2.05, 4.69) is 4.72 Å². The van der Waals surface area contributed by atoms with Crippen LogP contribution in [0.15, 0.2) is 94.8 Å². The van der Waals surface area contributed by atoms with Gasteiger partial charge < -0.3 is 0 Å². The predicted octanol–water partition coefficient (Wildman–Crippen LogP) is 4.80. The molecular weight excluding hydrogens is 380 g/mol. The Kier molecular flexibility index (Phi) is 6.30. The van der Waals surface area contributed by atoms with Crippen LogP contribution in [-0.2, 0) is 16.6 Å². The molecule has 0 aromatic heterocycles. The quantitative estimate of drug-likeness (QED) is 0.598. The second-order valence-electron chi connectivity index (χ2n) is 7.87. The van der Waals surface area contributed by atoms with E-state index in [4.69, 9.17) is 4.99 Å². The molecule has 0 saturated heterocycles. The lowest BCUT2D eigenvalue weighted by atomic mass is 10.0. The Labute approximate surface area is 173 Å². The van der Waals surface area contributed by atoms with Gasteiger partial charge in [0, 0.05) is 16.7 Å². The van der Waals surface area contributed by atoms with Crippen LogP contribution in [0, 0.1) is 0 Å². The van der Waals surface area contributed by atoms with Crippen LogP contribution in [0.1, 0.15) is 37.5 Å². The predicted molar refractivity (Wildman–Crippen MR) is 119 cm³/mol. The molecule has 0 bridgehead atoms. The van der Waals surface area contributed by atoms with E-state index in [1.54, 1.807) is 12.1 Å². The van der Waals surface area contributed by atoms with Gasteiger partial charge in [0.15, 0.2) is 0 Å². The number of hydrogen-bond donors (Lipinski definition) is 1. The summed E-state index contributed by atoms with van der Waals surface area (Å²) in [7, 11) is -3.72. The lowest BCUT2D eigenvalue weighted by Gasteiger charge is -2.22. The fourth-order valence-electron chi connectivity index (χ4n) is 3.04. The summed E-state index contributed by atoms with van der Waals surface area (Å²) in [4.78, 5) is 5.06. The normalized spacial score (nSPS) is 12.7. The molecular formula is C24H26N2O2S. The number of aliphatic imine (C=N–C) groups is 1. The Morgan fingerprint density at radius 2 is 1.38 bits per heavy atom. The van der Waals surface area contributed by atoms with Gasteiger partial charge in [0.2, 0.25) is 10.0 Å². The summed E-state index contributed by atoms with van der Waals surface area (Å²) >= 11 is 0. The van der Waals surface area contributed by atoms with Crippen LogP contribution in [0.5, 0.6) is 0 Å². The maximum atomic E-state index is 13.1. The first-order chi connectivity index (χ1) is 13.8. The molecule has 0 spiro atoms. The Morgan fingerprint density at radius 1 is 0.828 bits per heavy atom. The topological polar surface area (TPSA) is 58.5 Å². The standard InChI is InChI=1S/C24H26N2O2S/c1-24(2,3)26-29(27,28)22-17-11-10-16-21(22)23(20-14-8-5-9-15-20)25-18-19-12-6-4-7-13-19/h4-17,26H,18H2,1-3H3. The molecule has 4 nitrogen and oxygen atoms in total. The molecule has 0 aliphatic carbocycles. The second-order valence-corrected chi connectivity index (χ2v) is 9.52. The highest BCUT2D eigenvalue weighted by Crippen LogP contribution is 2.22. The van der Waals surface area contributed by atoms with Gasteiger partial charge in [0.05, 0.1) is 17.2 Å². The largest absolute Gasteiger partial charge is 0.279 e. The molecule has 3 aromatic carbocycles. The molecule has 0 aliphatic heterocycles. The average molecular weight is 407 g/mol. The van der Waals surface area contributed by atoms with Gasteiger partial charge >= 0.3 is 0 Å². The molecule has 150 valence electrons. The first-order valence-corrected chi connectivity index (χ1v) is 11.0. The minimum absolute atomic E-state index is 0.227. The van der Waals surface area contributed by atoms with Gasteiger partial charge in [-0.05, 0) is 32.4 Å². The lowest BCUT2D eigenvalue weighted by molar-refractivity contribution is 0.491. The van der Waals surface area contributed by atoms with Crippen LogP contribution in [-0.4, -0.2) is 19.7 Å². The zero-order valence-electron chi connectivity index (χ0n) is 17.0. The molecule has 0 aliphatic rings. The second kappa shape index (κ2) is 8.72. The van der Waals surface area contributed by atoms with Crippen molar-refractivity contribution < 1.29 is 8.42 Å². The van der Waals surface area contributed by atoms with Crippen LogP contribution in [0.2, 0.25) is 0 Å². The molecule has 1 N–H and O–H groups in total. The summed E-state index contributed by atoms with van der Waals surface area (Å²) in [5, 5.41) is 0. The molecule has 0 unspecified atom stereocenters. The Hall–Kier alpha value is -2.76. The molecule has 29 heavy (non-hydrogen) atoms. The van der Waals surface area contributed by atoms with Crippen molar-refractivity contribution in [2.75, 3.05) is 0 Å². The van der Waals surface area contributed by atoms with Crippen LogP contribution >= 0.6 is 0 Å². The van der Waals surface area contributed by atoms with Crippen molar-refractivity contribution in [3.63, 3.8) is 0 Å². The molecule has 0 saturated carbocycles. The third-order valence-corrected chi connectivity index (χ3v) is 6.00. The smallest absolute Gasteiger partial charge is 0.241 e. The van der Waals surface area contributed by atoms with Gasteiger partial charge in [0.25, 0.3) is 0 Å². The van der Waals surface area contributed by atoms with E-state index in [9.17, 15) is 8.42 Å². The van der Waals surface area contributed by atoms with E-state index in [1.807, 2.05) is 93.6 Å². The number of rotatable bonds is 6. The van der Waals surface area contributed by atoms with E-state index in [0.29, 0.717) is 17.8 Å². The zero-order valence-corrected chi connectivity index (χ0v) is 17.8. The number of nitrogens with zero attached hydrogens (tertiary/aromatic N) is 1. The molecule has 0 fully saturated rings. The number of benzene rings is 3. The number of hydrogen-bond acceptors (Lipinski definition) is 3. The monoisotopic (exact) mass is 406 g/mol. The van der Waals surface area contributed by atoms with Crippen LogP contribution in [0.25, 0.3) is 0 Å². The molecule has 0 heterocycles.